The number of hydrogen-bond donors (Lipinski definition) is 2. The molecule has 2 amide bonds. The van der Waals surface area contributed by atoms with E-state index in [-0.39, 0.29) is 17.9 Å². The highest BCUT2D eigenvalue weighted by Crippen LogP contribution is 2.31. The normalized spacial score (nSPS) is 15.0. The van der Waals surface area contributed by atoms with Gasteiger partial charge in [0.2, 0.25) is 17.8 Å². The average Bonchev–Trinajstić information content (AvgIpc) is 2.78. The quantitative estimate of drug-likeness (QED) is 0.627. The number of carbonyl (C=O) groups excluding carboxylic acids is 2. The van der Waals surface area contributed by atoms with Gasteiger partial charge in [-0.25, -0.2) is 9.97 Å². The van der Waals surface area contributed by atoms with Crippen molar-refractivity contribution in [2.45, 2.75) is 52.1 Å². The number of rotatable bonds is 8. The topological polar surface area (TPSA) is 106 Å². The van der Waals surface area contributed by atoms with Crippen LogP contribution in [0.25, 0.3) is 0 Å². The molecule has 178 valence electrons. The van der Waals surface area contributed by atoms with Gasteiger partial charge < -0.3 is 25.0 Å². The van der Waals surface area contributed by atoms with Crippen molar-refractivity contribution in [1.82, 2.24) is 20.6 Å². The monoisotopic (exact) mass is 455 g/mol. The van der Waals surface area contributed by atoms with Gasteiger partial charge in [-0.2, -0.15) is 0 Å². The number of benzene rings is 1. The van der Waals surface area contributed by atoms with E-state index >= 15 is 0 Å². The predicted octanol–water partition coefficient (Wildman–Crippen LogP) is 1.94. The van der Waals surface area contributed by atoms with Crippen molar-refractivity contribution < 1.29 is 19.1 Å². The summed E-state index contributed by atoms with van der Waals surface area (Å²) in [6.45, 7) is 6.84. The van der Waals surface area contributed by atoms with Gasteiger partial charge in [0.1, 0.15) is 6.04 Å². The van der Waals surface area contributed by atoms with Crippen LogP contribution in [0.15, 0.2) is 24.3 Å². The lowest BCUT2D eigenvalue weighted by molar-refractivity contribution is -0.128. The Morgan fingerprint density at radius 3 is 2.36 bits per heavy atom. The highest BCUT2D eigenvalue weighted by atomic mass is 16.5. The van der Waals surface area contributed by atoms with E-state index in [1.165, 1.54) is 6.92 Å². The van der Waals surface area contributed by atoms with Crippen molar-refractivity contribution >= 4 is 17.8 Å². The average molecular weight is 456 g/mol. The number of methoxy groups -OCH3 is 2. The van der Waals surface area contributed by atoms with Gasteiger partial charge in [0.25, 0.3) is 0 Å². The molecule has 0 unspecified atom stereocenters. The lowest BCUT2D eigenvalue weighted by atomic mass is 10.0. The predicted molar refractivity (Wildman–Crippen MR) is 126 cm³/mol. The molecule has 1 saturated heterocycles. The Morgan fingerprint density at radius 2 is 1.79 bits per heavy atom. The number of nitrogens with one attached hydrogen (secondary N) is 2. The molecule has 0 saturated carbocycles. The zero-order valence-corrected chi connectivity index (χ0v) is 20.0. The van der Waals surface area contributed by atoms with E-state index in [9.17, 15) is 9.59 Å². The largest absolute Gasteiger partial charge is 0.493 e. The number of amides is 2. The molecular formula is C24H33N5O4. The fourth-order valence-electron chi connectivity index (χ4n) is 4.16. The summed E-state index contributed by atoms with van der Waals surface area (Å²) in [5.74, 6) is 1.40. The molecule has 0 radical (unpaired) electrons. The van der Waals surface area contributed by atoms with Gasteiger partial charge in [-0.15, -0.1) is 0 Å². The summed E-state index contributed by atoms with van der Waals surface area (Å²) in [5.41, 5.74) is 2.67. The van der Waals surface area contributed by atoms with E-state index in [1.807, 2.05) is 32.0 Å². The van der Waals surface area contributed by atoms with Gasteiger partial charge in [-0.3, -0.25) is 9.59 Å². The van der Waals surface area contributed by atoms with Crippen LogP contribution in [0.1, 0.15) is 36.7 Å². The van der Waals surface area contributed by atoms with E-state index < -0.39 is 6.04 Å². The van der Waals surface area contributed by atoms with Crippen LogP contribution in [0, 0.1) is 13.8 Å². The van der Waals surface area contributed by atoms with Crippen molar-refractivity contribution in [2.75, 3.05) is 32.2 Å². The molecule has 0 aliphatic carbocycles. The van der Waals surface area contributed by atoms with Crippen molar-refractivity contribution in [1.29, 1.82) is 0 Å². The lowest BCUT2D eigenvalue weighted by Crippen LogP contribution is -2.52. The first-order valence-electron chi connectivity index (χ1n) is 11.1. The fraction of sp³-hybridized carbons (Fsp3) is 0.500. The Morgan fingerprint density at radius 1 is 1.12 bits per heavy atom. The number of nitrogens with zero attached hydrogens (tertiary/aromatic N) is 3. The van der Waals surface area contributed by atoms with Crippen LogP contribution >= 0.6 is 0 Å². The van der Waals surface area contributed by atoms with Crippen molar-refractivity contribution in [3.8, 4) is 11.5 Å². The second-order valence-electron chi connectivity index (χ2n) is 8.33. The number of anilines is 1. The third-order valence-electron chi connectivity index (χ3n) is 5.70. The van der Waals surface area contributed by atoms with Gasteiger partial charge in [-0.1, -0.05) is 12.1 Å². The fourth-order valence-corrected chi connectivity index (χ4v) is 4.16. The van der Waals surface area contributed by atoms with Crippen LogP contribution in [-0.4, -0.2) is 61.2 Å². The molecule has 2 heterocycles. The van der Waals surface area contributed by atoms with Crippen LogP contribution in [0.4, 0.5) is 5.95 Å². The number of piperidine rings is 1. The Balaban J connectivity index is 1.65. The molecule has 9 nitrogen and oxygen atoms in total. The number of aromatic nitrogens is 2. The third kappa shape index (κ3) is 6.34. The van der Waals surface area contributed by atoms with Crippen LogP contribution in [0.3, 0.4) is 0 Å². The van der Waals surface area contributed by atoms with Crippen molar-refractivity contribution in [2.24, 2.45) is 0 Å². The summed E-state index contributed by atoms with van der Waals surface area (Å²) in [7, 11) is 3.12. The van der Waals surface area contributed by atoms with E-state index in [0.717, 1.165) is 48.8 Å². The molecule has 1 atom stereocenters. The first-order chi connectivity index (χ1) is 15.8. The highest BCUT2D eigenvalue weighted by Gasteiger charge is 2.27. The zero-order valence-electron chi connectivity index (χ0n) is 20.0. The van der Waals surface area contributed by atoms with Gasteiger partial charge >= 0.3 is 0 Å². The lowest BCUT2D eigenvalue weighted by Gasteiger charge is -2.33. The molecule has 1 aromatic carbocycles. The maximum absolute atomic E-state index is 13.1. The Bertz CT molecular complexity index is 969. The molecule has 33 heavy (non-hydrogen) atoms. The molecule has 0 spiro atoms. The van der Waals surface area contributed by atoms with Crippen LogP contribution in [-0.2, 0) is 16.0 Å². The molecule has 3 rings (SSSR count). The van der Waals surface area contributed by atoms with E-state index in [1.54, 1.807) is 20.3 Å². The molecule has 1 aromatic heterocycles. The Labute approximate surface area is 194 Å². The van der Waals surface area contributed by atoms with E-state index in [4.69, 9.17) is 9.47 Å². The summed E-state index contributed by atoms with van der Waals surface area (Å²) in [5, 5.41) is 5.89. The highest BCUT2D eigenvalue weighted by molar-refractivity contribution is 5.87. The summed E-state index contributed by atoms with van der Waals surface area (Å²) in [6.07, 6.45) is 1.84. The maximum Gasteiger partial charge on any atom is 0.243 e. The van der Waals surface area contributed by atoms with E-state index in [0.29, 0.717) is 17.9 Å². The first-order valence-corrected chi connectivity index (χ1v) is 11.1. The van der Waals surface area contributed by atoms with Crippen molar-refractivity contribution in [3.63, 3.8) is 0 Å². The summed E-state index contributed by atoms with van der Waals surface area (Å²) in [6, 6.07) is 6.75. The number of ether oxygens (including phenoxy) is 2. The summed E-state index contributed by atoms with van der Waals surface area (Å²) in [4.78, 5) is 36.1. The summed E-state index contributed by atoms with van der Waals surface area (Å²) >= 11 is 0. The summed E-state index contributed by atoms with van der Waals surface area (Å²) < 4.78 is 10.8. The van der Waals surface area contributed by atoms with Crippen LogP contribution in [0.5, 0.6) is 11.5 Å². The molecule has 0 bridgehead atoms. The number of hydrogen-bond acceptors (Lipinski definition) is 7. The smallest absolute Gasteiger partial charge is 0.243 e. The van der Waals surface area contributed by atoms with E-state index in [2.05, 4.69) is 25.5 Å². The minimum absolute atomic E-state index is 0.0168. The first kappa shape index (κ1) is 24.3. The molecule has 9 heteroatoms. The Kier molecular flexibility index (Phi) is 8.08. The zero-order chi connectivity index (χ0) is 24.0. The molecular weight excluding hydrogens is 422 g/mol. The van der Waals surface area contributed by atoms with Crippen molar-refractivity contribution in [3.05, 3.63) is 41.2 Å². The number of carbonyl (C=O) groups is 2. The second-order valence-corrected chi connectivity index (χ2v) is 8.33. The van der Waals surface area contributed by atoms with Crippen LogP contribution in [0.2, 0.25) is 0 Å². The second kappa shape index (κ2) is 11.0. The minimum atomic E-state index is -0.718. The molecule has 1 aliphatic heterocycles. The van der Waals surface area contributed by atoms with Crippen LogP contribution < -0.4 is 25.0 Å². The standard InChI is InChI=1S/C24H33N5O4/c1-15-13-16(2)26-24(25-15)29-11-9-19(10-12-29)28-23(31)20(27-17(3)30)14-18-7-6-8-21(32-4)22(18)33-5/h6-8,13,19-20H,9-12,14H2,1-5H3,(H,27,30)(H,28,31)/t20-/m1/s1. The Hall–Kier alpha value is -3.36. The third-order valence-corrected chi connectivity index (χ3v) is 5.70. The van der Waals surface area contributed by atoms with Gasteiger partial charge in [0.05, 0.1) is 14.2 Å². The SMILES string of the molecule is COc1cccc(C[C@@H](NC(C)=O)C(=O)NC2CCN(c3nc(C)cc(C)n3)CC2)c1OC. The molecule has 1 fully saturated rings. The van der Waals surface area contributed by atoms with Gasteiger partial charge in [-0.05, 0) is 38.8 Å². The minimum Gasteiger partial charge on any atom is -0.493 e. The molecule has 2 aromatic rings. The number of para-hydroxylation sites is 1. The molecule has 1 aliphatic rings. The maximum atomic E-state index is 13.1. The van der Waals surface area contributed by atoms with Gasteiger partial charge in [0.15, 0.2) is 11.5 Å². The molecule has 2 N–H and O–H groups in total. The number of aryl methyl sites for hydroxylation is 2. The van der Waals surface area contributed by atoms with Gasteiger partial charge in [0, 0.05) is 49.4 Å².